The molecule has 0 heterocycles. The van der Waals surface area contributed by atoms with Crippen LogP contribution in [0.5, 0.6) is 11.5 Å². The fourth-order valence-electron chi connectivity index (χ4n) is 2.09. The maximum atomic E-state index is 11.2. The number of nitro benzene ring substituents is 1. The summed E-state index contributed by atoms with van der Waals surface area (Å²) in [4.78, 5) is 10.7. The first-order valence-corrected chi connectivity index (χ1v) is 7.01. The quantitative estimate of drug-likeness (QED) is 0.622. The molecular weight excluding hydrogens is 296 g/mol. The molecule has 120 valence electrons. The predicted molar refractivity (Wildman–Crippen MR) is 90.2 cm³/mol. The molecule has 0 saturated heterocycles. The summed E-state index contributed by atoms with van der Waals surface area (Å²) in [5.41, 5.74) is 1.39. The molecule has 0 radical (unpaired) electrons. The van der Waals surface area contributed by atoms with Gasteiger partial charge >= 0.3 is 0 Å². The van der Waals surface area contributed by atoms with Gasteiger partial charge in [0.15, 0.2) is 11.5 Å². The average Bonchev–Trinajstić information content (AvgIpc) is 2.58. The number of nitro groups is 1. The highest BCUT2D eigenvalue weighted by Gasteiger charge is 2.18. The smallest absolute Gasteiger partial charge is 0.296 e. The molecular formula is C17H18N2O4. The van der Waals surface area contributed by atoms with Crippen molar-refractivity contribution in [2.24, 2.45) is 0 Å². The van der Waals surface area contributed by atoms with Gasteiger partial charge in [-0.3, -0.25) is 10.1 Å². The topological polar surface area (TPSA) is 73.6 Å². The summed E-state index contributed by atoms with van der Waals surface area (Å²) in [6.45, 7) is 0.450. The molecule has 0 fully saturated rings. The minimum absolute atomic E-state index is 0.0595. The standard InChI is InChI=1S/C17H18N2O4/c1-22-16-11-14(15(19(20)21)12-17(16)23-2)18-10-6-9-13-7-4-3-5-8-13/h3-9,11-12,18H,10H2,1-2H3/b9-6+. The van der Waals surface area contributed by atoms with Crippen LogP contribution in [-0.2, 0) is 0 Å². The van der Waals surface area contributed by atoms with E-state index in [2.05, 4.69) is 5.32 Å². The third kappa shape index (κ3) is 4.23. The Kier molecular flexibility index (Phi) is 5.57. The van der Waals surface area contributed by atoms with E-state index in [-0.39, 0.29) is 5.69 Å². The van der Waals surface area contributed by atoms with Gasteiger partial charge in [-0.2, -0.15) is 0 Å². The molecule has 6 heteroatoms. The fourth-order valence-corrected chi connectivity index (χ4v) is 2.09. The number of ether oxygens (including phenoxy) is 2. The molecule has 23 heavy (non-hydrogen) atoms. The van der Waals surface area contributed by atoms with Crippen LogP contribution in [-0.4, -0.2) is 25.7 Å². The first-order chi connectivity index (χ1) is 11.2. The molecule has 0 spiro atoms. The molecule has 0 aliphatic carbocycles. The Bertz CT molecular complexity index is 699. The predicted octanol–water partition coefficient (Wildman–Crippen LogP) is 3.74. The maximum absolute atomic E-state index is 11.2. The summed E-state index contributed by atoms with van der Waals surface area (Å²) in [5, 5.41) is 14.2. The summed E-state index contributed by atoms with van der Waals surface area (Å²) < 4.78 is 10.3. The van der Waals surface area contributed by atoms with E-state index in [1.54, 1.807) is 6.07 Å². The molecule has 2 aromatic carbocycles. The van der Waals surface area contributed by atoms with Gasteiger partial charge in [0.25, 0.3) is 5.69 Å². The van der Waals surface area contributed by atoms with E-state index in [4.69, 9.17) is 9.47 Å². The summed E-state index contributed by atoms with van der Waals surface area (Å²) in [5.74, 6) is 0.761. The second-order valence-electron chi connectivity index (χ2n) is 4.68. The summed E-state index contributed by atoms with van der Waals surface area (Å²) >= 11 is 0. The number of hydrogen-bond donors (Lipinski definition) is 1. The van der Waals surface area contributed by atoms with Crippen LogP contribution < -0.4 is 14.8 Å². The van der Waals surface area contributed by atoms with Crippen molar-refractivity contribution in [3.8, 4) is 11.5 Å². The zero-order valence-corrected chi connectivity index (χ0v) is 13.0. The zero-order valence-electron chi connectivity index (χ0n) is 13.0. The molecule has 0 aromatic heterocycles. The lowest BCUT2D eigenvalue weighted by Gasteiger charge is -2.11. The van der Waals surface area contributed by atoms with Gasteiger partial charge in [-0.25, -0.2) is 0 Å². The van der Waals surface area contributed by atoms with E-state index >= 15 is 0 Å². The van der Waals surface area contributed by atoms with Gasteiger partial charge in [-0.15, -0.1) is 0 Å². The monoisotopic (exact) mass is 314 g/mol. The number of nitrogens with zero attached hydrogens (tertiary/aromatic N) is 1. The van der Waals surface area contributed by atoms with E-state index in [9.17, 15) is 10.1 Å². The minimum Gasteiger partial charge on any atom is -0.493 e. The van der Waals surface area contributed by atoms with Crippen LogP contribution in [0.3, 0.4) is 0 Å². The highest BCUT2D eigenvalue weighted by atomic mass is 16.6. The first-order valence-electron chi connectivity index (χ1n) is 7.01. The van der Waals surface area contributed by atoms with Gasteiger partial charge in [0.2, 0.25) is 0 Å². The Hall–Kier alpha value is -3.02. The Balaban J connectivity index is 2.15. The number of benzene rings is 2. The van der Waals surface area contributed by atoms with Gasteiger partial charge in [-0.1, -0.05) is 42.5 Å². The first kappa shape index (κ1) is 16.4. The minimum atomic E-state index is -0.453. The van der Waals surface area contributed by atoms with Gasteiger partial charge in [0, 0.05) is 12.6 Å². The maximum Gasteiger partial charge on any atom is 0.296 e. The van der Waals surface area contributed by atoms with Crippen LogP contribution in [0, 0.1) is 10.1 Å². The molecule has 0 bridgehead atoms. The lowest BCUT2D eigenvalue weighted by molar-refractivity contribution is -0.384. The van der Waals surface area contributed by atoms with Gasteiger partial charge in [0.1, 0.15) is 5.69 Å². The van der Waals surface area contributed by atoms with Crippen LogP contribution in [0.15, 0.2) is 48.5 Å². The molecule has 1 N–H and O–H groups in total. The summed E-state index contributed by atoms with van der Waals surface area (Å²) in [6, 6.07) is 12.7. The number of methoxy groups -OCH3 is 2. The Morgan fingerprint density at radius 1 is 1.13 bits per heavy atom. The van der Waals surface area contributed by atoms with E-state index < -0.39 is 4.92 Å². The zero-order chi connectivity index (χ0) is 16.7. The molecule has 2 aromatic rings. The second-order valence-corrected chi connectivity index (χ2v) is 4.68. The van der Waals surface area contributed by atoms with Crippen molar-refractivity contribution in [1.29, 1.82) is 0 Å². The third-order valence-corrected chi connectivity index (χ3v) is 3.22. The van der Waals surface area contributed by atoms with E-state index in [0.29, 0.717) is 23.7 Å². The van der Waals surface area contributed by atoms with E-state index in [1.165, 1.54) is 20.3 Å². The Labute approximate surface area is 134 Å². The van der Waals surface area contributed by atoms with Crippen molar-refractivity contribution in [3.63, 3.8) is 0 Å². The third-order valence-electron chi connectivity index (χ3n) is 3.22. The SMILES string of the molecule is COc1cc(NC/C=C/c2ccccc2)c([N+](=O)[O-])cc1OC. The average molecular weight is 314 g/mol. The van der Waals surface area contributed by atoms with Crippen LogP contribution in [0.25, 0.3) is 6.08 Å². The van der Waals surface area contributed by atoms with Crippen LogP contribution >= 0.6 is 0 Å². The van der Waals surface area contributed by atoms with E-state index in [0.717, 1.165) is 5.56 Å². The Morgan fingerprint density at radius 2 is 1.78 bits per heavy atom. The number of hydrogen-bond acceptors (Lipinski definition) is 5. The number of rotatable bonds is 7. The lowest BCUT2D eigenvalue weighted by Crippen LogP contribution is -2.03. The molecule has 6 nitrogen and oxygen atoms in total. The van der Waals surface area contributed by atoms with E-state index in [1.807, 2.05) is 42.5 Å². The molecule has 0 saturated carbocycles. The lowest BCUT2D eigenvalue weighted by atomic mass is 10.2. The van der Waals surface area contributed by atoms with Crippen LogP contribution in [0.2, 0.25) is 0 Å². The Morgan fingerprint density at radius 3 is 2.39 bits per heavy atom. The molecule has 0 atom stereocenters. The summed E-state index contributed by atoms with van der Waals surface area (Å²) in [6.07, 6.45) is 3.84. The number of nitrogens with one attached hydrogen (secondary N) is 1. The van der Waals surface area contributed by atoms with Crippen molar-refractivity contribution in [1.82, 2.24) is 0 Å². The van der Waals surface area contributed by atoms with Crippen LogP contribution in [0.1, 0.15) is 5.56 Å². The molecule has 0 amide bonds. The van der Waals surface area contributed by atoms with Gasteiger partial charge < -0.3 is 14.8 Å². The molecule has 0 aliphatic heterocycles. The molecule has 2 rings (SSSR count). The fraction of sp³-hybridized carbons (Fsp3) is 0.176. The van der Waals surface area contributed by atoms with Crippen molar-refractivity contribution in [3.05, 3.63) is 64.2 Å². The highest BCUT2D eigenvalue weighted by molar-refractivity contribution is 5.69. The van der Waals surface area contributed by atoms with Crippen molar-refractivity contribution >= 4 is 17.5 Å². The van der Waals surface area contributed by atoms with Crippen LogP contribution in [0.4, 0.5) is 11.4 Å². The van der Waals surface area contributed by atoms with Crippen molar-refractivity contribution < 1.29 is 14.4 Å². The van der Waals surface area contributed by atoms with Crippen molar-refractivity contribution in [2.45, 2.75) is 0 Å². The number of anilines is 1. The van der Waals surface area contributed by atoms with Gasteiger partial charge in [-0.05, 0) is 5.56 Å². The highest BCUT2D eigenvalue weighted by Crippen LogP contribution is 2.37. The normalized spacial score (nSPS) is 10.5. The van der Waals surface area contributed by atoms with Crippen molar-refractivity contribution in [2.75, 3.05) is 26.1 Å². The second kappa shape index (κ2) is 7.84. The molecule has 0 unspecified atom stereocenters. The molecule has 0 aliphatic rings. The summed E-state index contributed by atoms with van der Waals surface area (Å²) in [7, 11) is 2.93. The largest absolute Gasteiger partial charge is 0.493 e. The van der Waals surface area contributed by atoms with Gasteiger partial charge in [0.05, 0.1) is 25.2 Å².